The number of methoxy groups -OCH3 is 2. The van der Waals surface area contributed by atoms with Crippen molar-refractivity contribution in [3.8, 4) is 0 Å². The fourth-order valence-electron chi connectivity index (χ4n) is 1.85. The van der Waals surface area contributed by atoms with E-state index in [1.165, 1.54) is 0 Å². The Labute approximate surface area is 135 Å². The summed E-state index contributed by atoms with van der Waals surface area (Å²) in [7, 11) is -0.130. The van der Waals surface area contributed by atoms with Crippen molar-refractivity contribution in [1.82, 2.24) is 0 Å². The number of rotatable bonds is 10. The highest BCUT2D eigenvalue weighted by Gasteiger charge is 2.42. The third-order valence-corrected chi connectivity index (χ3v) is 6.39. The predicted molar refractivity (Wildman–Crippen MR) is 86.1 cm³/mol. The minimum atomic E-state index is -1.84. The van der Waals surface area contributed by atoms with Crippen molar-refractivity contribution in [1.29, 1.82) is 0 Å². The van der Waals surface area contributed by atoms with Crippen LogP contribution in [0.5, 0.6) is 0 Å². The van der Waals surface area contributed by atoms with Gasteiger partial charge in [-0.15, -0.1) is 0 Å². The van der Waals surface area contributed by atoms with Gasteiger partial charge in [0.2, 0.25) is 6.54 Å². The first-order valence-electron chi connectivity index (χ1n) is 7.16. The van der Waals surface area contributed by atoms with E-state index >= 15 is 0 Å². The van der Waals surface area contributed by atoms with Crippen molar-refractivity contribution in [2.45, 2.75) is 38.0 Å². The molecule has 1 saturated heterocycles. The summed E-state index contributed by atoms with van der Waals surface area (Å²) in [6.07, 6.45) is -0.699. The molecule has 9 heteroatoms. The average molecular weight is 351 g/mol. The summed E-state index contributed by atoms with van der Waals surface area (Å²) in [6.45, 7) is 14.5. The lowest BCUT2D eigenvalue weighted by atomic mass is 10.1. The number of nitrogens with zero attached hydrogens (tertiary/aromatic N) is 1. The molecule has 0 aromatic heterocycles. The Morgan fingerprint density at radius 1 is 1.32 bits per heavy atom. The molecule has 0 aromatic carbocycles. The van der Waals surface area contributed by atoms with Gasteiger partial charge in [-0.3, -0.25) is 0 Å². The molecule has 7 nitrogen and oxygen atoms in total. The molecule has 22 heavy (non-hydrogen) atoms. The first kappa shape index (κ1) is 19.9. The summed E-state index contributed by atoms with van der Waals surface area (Å²) in [6, 6.07) is 0. The Hall–Kier alpha value is -0.103. The zero-order valence-electron chi connectivity index (χ0n) is 13.9. The molecule has 2 unspecified atom stereocenters. The molecule has 0 bridgehead atoms. The molecular weight excluding hydrogens is 325 g/mol. The molecule has 0 radical (unpaired) electrons. The van der Waals surface area contributed by atoms with Crippen LogP contribution >= 0.6 is 8.60 Å². The van der Waals surface area contributed by atoms with Crippen molar-refractivity contribution in [2.24, 2.45) is 0 Å². The fraction of sp³-hybridized carbons (Fsp3) is 0.923. The number of hydrogen-bond donors (Lipinski definition) is 0. The molecule has 1 fully saturated rings. The van der Waals surface area contributed by atoms with E-state index in [0.29, 0.717) is 19.8 Å². The molecule has 0 spiro atoms. The first-order valence-corrected chi connectivity index (χ1v) is 11.7. The van der Waals surface area contributed by atoms with Gasteiger partial charge in [-0.25, -0.2) is 6.57 Å². The monoisotopic (exact) mass is 351 g/mol. The van der Waals surface area contributed by atoms with E-state index in [1.54, 1.807) is 14.2 Å². The van der Waals surface area contributed by atoms with E-state index < -0.39 is 16.9 Å². The fourth-order valence-corrected chi connectivity index (χ4v) is 4.79. The molecule has 128 valence electrons. The van der Waals surface area contributed by atoms with E-state index in [4.69, 9.17) is 34.0 Å². The average Bonchev–Trinajstić information content (AvgIpc) is 2.80. The van der Waals surface area contributed by atoms with Gasteiger partial charge in [-0.2, -0.15) is 0 Å². The van der Waals surface area contributed by atoms with Crippen LogP contribution in [0.15, 0.2) is 0 Å². The largest absolute Gasteiger partial charge is 0.382 e. The smallest absolute Gasteiger partial charge is 0.322 e. The summed E-state index contributed by atoms with van der Waals surface area (Å²) < 4.78 is 33.9. The van der Waals surface area contributed by atoms with Crippen molar-refractivity contribution >= 4 is 16.9 Å². The molecular formula is C13H26NO6PSi. The zero-order valence-corrected chi connectivity index (χ0v) is 15.8. The highest BCUT2D eigenvalue weighted by molar-refractivity contribution is 7.43. The van der Waals surface area contributed by atoms with Gasteiger partial charge in [-0.1, -0.05) is 0 Å². The highest BCUT2D eigenvalue weighted by Crippen LogP contribution is 2.46. The lowest BCUT2D eigenvalue weighted by Gasteiger charge is -2.29. The molecule has 1 rings (SSSR count). The van der Waals surface area contributed by atoms with Crippen LogP contribution in [-0.2, 0) is 27.5 Å². The van der Waals surface area contributed by atoms with Crippen molar-refractivity contribution in [3.05, 3.63) is 11.4 Å². The Morgan fingerprint density at radius 3 is 2.59 bits per heavy atom. The lowest BCUT2D eigenvalue weighted by Crippen LogP contribution is -2.36. The van der Waals surface area contributed by atoms with Crippen LogP contribution in [0, 0.1) is 6.57 Å². The van der Waals surface area contributed by atoms with Crippen molar-refractivity contribution < 1.29 is 27.5 Å². The Kier molecular flexibility index (Phi) is 8.98. The molecule has 0 aliphatic carbocycles. The molecule has 1 aliphatic rings. The van der Waals surface area contributed by atoms with Crippen LogP contribution in [-0.4, -0.2) is 67.2 Å². The van der Waals surface area contributed by atoms with Gasteiger partial charge < -0.3 is 32.3 Å². The SMILES string of the molecule is [C-]#[N+]CCOP(OC1[C@H](OC)CO[C@@H]1COC)O[Si](C)(C)C. The topological polar surface area (TPSA) is 59.7 Å². The van der Waals surface area contributed by atoms with Gasteiger partial charge in [0.05, 0.1) is 13.2 Å². The van der Waals surface area contributed by atoms with Gasteiger partial charge in [-0.05, 0) is 19.6 Å². The number of hydrogen-bond acceptors (Lipinski definition) is 6. The second kappa shape index (κ2) is 9.91. The van der Waals surface area contributed by atoms with Crippen molar-refractivity contribution in [2.75, 3.05) is 40.6 Å². The quantitative estimate of drug-likeness (QED) is 0.261. The summed E-state index contributed by atoms with van der Waals surface area (Å²) >= 11 is 0. The minimum Gasteiger partial charge on any atom is -0.382 e. The maximum Gasteiger partial charge on any atom is 0.322 e. The number of ether oxygens (including phenoxy) is 3. The molecule has 0 amide bonds. The highest BCUT2D eigenvalue weighted by atomic mass is 31.2. The summed E-state index contributed by atoms with van der Waals surface area (Å²) in [4.78, 5) is 3.28. The van der Waals surface area contributed by atoms with Crippen molar-refractivity contribution in [3.63, 3.8) is 0 Å². The normalized spacial score (nSPS) is 26.8. The predicted octanol–water partition coefficient (Wildman–Crippen LogP) is 2.45. The molecule has 0 saturated carbocycles. The van der Waals surface area contributed by atoms with E-state index in [9.17, 15) is 0 Å². The Bertz CT molecular complexity index is 361. The van der Waals surface area contributed by atoms with Crippen LogP contribution < -0.4 is 0 Å². The van der Waals surface area contributed by atoms with E-state index in [-0.39, 0.29) is 24.9 Å². The summed E-state index contributed by atoms with van der Waals surface area (Å²) in [5.41, 5.74) is 0. The van der Waals surface area contributed by atoms with Gasteiger partial charge in [0, 0.05) is 14.2 Å². The molecule has 1 heterocycles. The summed E-state index contributed by atoms with van der Waals surface area (Å²) in [5.74, 6) is 0. The third kappa shape index (κ3) is 6.98. The molecule has 0 aromatic rings. The Morgan fingerprint density at radius 2 is 2.05 bits per heavy atom. The maximum atomic E-state index is 6.82. The third-order valence-electron chi connectivity index (χ3n) is 2.80. The van der Waals surface area contributed by atoms with Crippen LogP contribution in [0.3, 0.4) is 0 Å². The first-order chi connectivity index (χ1) is 10.4. The van der Waals surface area contributed by atoms with Crippen LogP contribution in [0.1, 0.15) is 0 Å². The standard InChI is InChI=1S/C13H26NO6PSi/c1-14-7-8-18-21(20-22(4,5)6)19-13-11(16-3)10-17-12(13)9-15-2/h11-13H,7-10H2,2-6H3/t11-,12-,13?,21?/m1/s1. The van der Waals surface area contributed by atoms with E-state index in [2.05, 4.69) is 24.5 Å². The zero-order chi connectivity index (χ0) is 16.6. The van der Waals surface area contributed by atoms with Gasteiger partial charge in [0.1, 0.15) is 24.9 Å². The van der Waals surface area contributed by atoms with Gasteiger partial charge in [0.25, 0.3) is 0 Å². The van der Waals surface area contributed by atoms with E-state index in [0.717, 1.165) is 0 Å². The van der Waals surface area contributed by atoms with Crippen LogP contribution in [0.2, 0.25) is 19.6 Å². The van der Waals surface area contributed by atoms with Crippen LogP contribution in [0.25, 0.3) is 4.85 Å². The molecule has 0 N–H and O–H groups in total. The van der Waals surface area contributed by atoms with E-state index in [1.807, 2.05) is 0 Å². The maximum absolute atomic E-state index is 6.82. The minimum absolute atomic E-state index is 0.181. The molecule has 1 aliphatic heterocycles. The second-order valence-corrected chi connectivity index (χ2v) is 11.7. The second-order valence-electron chi connectivity index (χ2n) is 5.81. The van der Waals surface area contributed by atoms with Gasteiger partial charge >= 0.3 is 8.60 Å². The summed E-state index contributed by atoms with van der Waals surface area (Å²) in [5, 5.41) is 0. The molecule has 4 atom stereocenters. The van der Waals surface area contributed by atoms with Crippen LogP contribution in [0.4, 0.5) is 0 Å². The van der Waals surface area contributed by atoms with Gasteiger partial charge in [0.15, 0.2) is 8.32 Å². The lowest BCUT2D eigenvalue weighted by molar-refractivity contribution is -0.0175. The Balaban J connectivity index is 2.68.